The molecule has 150 valence electrons. The number of hydrogen-bond donors (Lipinski definition) is 3. The number of para-hydroxylation sites is 1. The van der Waals surface area contributed by atoms with E-state index in [1.165, 1.54) is 5.56 Å². The summed E-state index contributed by atoms with van der Waals surface area (Å²) in [5.41, 5.74) is 5.67. The van der Waals surface area contributed by atoms with Gasteiger partial charge in [-0.15, -0.1) is 0 Å². The highest BCUT2D eigenvalue weighted by Crippen LogP contribution is 2.51. The number of hydrogen-bond acceptors (Lipinski definition) is 3. The van der Waals surface area contributed by atoms with Gasteiger partial charge in [-0.05, 0) is 61.2 Å². The van der Waals surface area contributed by atoms with E-state index < -0.39 is 0 Å². The Kier molecular flexibility index (Phi) is 4.55. The normalized spacial score (nSPS) is 21.4. The third-order valence-corrected chi connectivity index (χ3v) is 6.17. The first-order chi connectivity index (χ1) is 14.6. The Morgan fingerprint density at radius 3 is 2.73 bits per heavy atom. The quantitative estimate of drug-likeness (QED) is 0.492. The van der Waals surface area contributed by atoms with Gasteiger partial charge in [0.2, 0.25) is 0 Å². The van der Waals surface area contributed by atoms with E-state index in [0.29, 0.717) is 17.2 Å². The topological polar surface area (TPSA) is 61.4 Å². The van der Waals surface area contributed by atoms with Gasteiger partial charge < -0.3 is 15.7 Å². The summed E-state index contributed by atoms with van der Waals surface area (Å²) in [4.78, 5) is 12.7. The van der Waals surface area contributed by atoms with E-state index >= 15 is 0 Å². The number of aromatic hydroxyl groups is 1. The Hall–Kier alpha value is -3.53. The molecular formula is C26H24N2O2. The molecule has 0 fully saturated rings. The van der Waals surface area contributed by atoms with Crippen LogP contribution in [0.1, 0.15) is 45.4 Å². The van der Waals surface area contributed by atoms with Crippen molar-refractivity contribution in [3.05, 3.63) is 101 Å². The van der Waals surface area contributed by atoms with Gasteiger partial charge in [0.15, 0.2) is 0 Å². The number of allylic oxidation sites excluding steroid dienone is 2. The highest BCUT2D eigenvalue weighted by molar-refractivity contribution is 6.04. The molecule has 3 N–H and O–H groups in total. The van der Waals surface area contributed by atoms with Crippen molar-refractivity contribution in [1.29, 1.82) is 0 Å². The number of benzene rings is 3. The Balaban J connectivity index is 1.45. The molecule has 4 nitrogen and oxygen atoms in total. The molecule has 5 rings (SSSR count). The fourth-order valence-corrected chi connectivity index (χ4v) is 4.72. The van der Waals surface area contributed by atoms with Gasteiger partial charge >= 0.3 is 0 Å². The van der Waals surface area contributed by atoms with E-state index in [2.05, 4.69) is 28.9 Å². The number of phenolic OH excluding ortho intramolecular Hbond substituents is 1. The Morgan fingerprint density at radius 2 is 1.90 bits per heavy atom. The lowest BCUT2D eigenvalue weighted by Gasteiger charge is -2.38. The molecule has 1 amide bonds. The third kappa shape index (κ3) is 3.24. The number of carbonyl (C=O) groups is 1. The summed E-state index contributed by atoms with van der Waals surface area (Å²) in [7, 11) is 0. The van der Waals surface area contributed by atoms with Crippen LogP contribution < -0.4 is 10.6 Å². The van der Waals surface area contributed by atoms with Crippen molar-refractivity contribution >= 4 is 17.3 Å². The molecule has 0 aromatic heterocycles. The molecule has 0 spiro atoms. The molecule has 3 aromatic carbocycles. The molecule has 30 heavy (non-hydrogen) atoms. The van der Waals surface area contributed by atoms with Crippen molar-refractivity contribution in [2.75, 3.05) is 10.6 Å². The van der Waals surface area contributed by atoms with E-state index in [-0.39, 0.29) is 17.9 Å². The Morgan fingerprint density at radius 1 is 1.03 bits per heavy atom. The minimum absolute atomic E-state index is 0.0476. The predicted octanol–water partition coefficient (Wildman–Crippen LogP) is 5.78. The van der Waals surface area contributed by atoms with E-state index in [9.17, 15) is 9.90 Å². The summed E-state index contributed by atoms with van der Waals surface area (Å²) in [5.74, 6) is 0.800. The molecule has 1 aliphatic heterocycles. The molecule has 1 heterocycles. The van der Waals surface area contributed by atoms with Crippen LogP contribution in [0, 0.1) is 12.8 Å². The number of phenols is 1. The number of fused-ring (bicyclic) bond motifs is 3. The largest absolute Gasteiger partial charge is 0.508 e. The maximum absolute atomic E-state index is 12.7. The molecule has 0 bridgehead atoms. The van der Waals surface area contributed by atoms with Crippen LogP contribution in [-0.4, -0.2) is 11.0 Å². The standard InChI is InChI=1S/C26H24N2O2/c1-16-6-4-7-17(14-16)26(30)27-18-12-13-23-22(15-18)19-9-5-10-20(19)25(28-23)21-8-2-3-11-24(21)29/h2-9,11-15,19-20,25,28-29H,10H2,1H3,(H,27,30). The van der Waals surface area contributed by atoms with Crippen LogP contribution in [-0.2, 0) is 0 Å². The summed E-state index contributed by atoms with van der Waals surface area (Å²) < 4.78 is 0. The zero-order valence-corrected chi connectivity index (χ0v) is 16.8. The molecule has 4 heteroatoms. The second kappa shape index (κ2) is 7.38. The van der Waals surface area contributed by atoms with Gasteiger partial charge in [-0.3, -0.25) is 4.79 Å². The van der Waals surface area contributed by atoms with Crippen LogP contribution in [0.15, 0.2) is 78.9 Å². The van der Waals surface area contributed by atoms with Crippen molar-refractivity contribution in [1.82, 2.24) is 0 Å². The minimum atomic E-state index is -0.104. The van der Waals surface area contributed by atoms with Gasteiger partial charge in [0.05, 0.1) is 6.04 Å². The van der Waals surface area contributed by atoms with Gasteiger partial charge in [-0.2, -0.15) is 0 Å². The van der Waals surface area contributed by atoms with Gasteiger partial charge in [-0.25, -0.2) is 0 Å². The average Bonchev–Trinajstić information content (AvgIpc) is 3.24. The average molecular weight is 396 g/mol. The van der Waals surface area contributed by atoms with Crippen LogP contribution in [0.2, 0.25) is 0 Å². The minimum Gasteiger partial charge on any atom is -0.508 e. The molecule has 0 saturated heterocycles. The second-order valence-corrected chi connectivity index (χ2v) is 8.16. The maximum Gasteiger partial charge on any atom is 0.255 e. The number of aryl methyl sites for hydroxylation is 1. The van der Waals surface area contributed by atoms with Crippen molar-refractivity contribution < 1.29 is 9.90 Å². The molecule has 0 radical (unpaired) electrons. The lowest BCUT2D eigenvalue weighted by molar-refractivity contribution is 0.102. The lowest BCUT2D eigenvalue weighted by atomic mass is 9.76. The summed E-state index contributed by atoms with van der Waals surface area (Å²) in [6.07, 6.45) is 5.43. The van der Waals surface area contributed by atoms with Crippen molar-refractivity contribution in [2.24, 2.45) is 5.92 Å². The summed E-state index contributed by atoms with van der Waals surface area (Å²) >= 11 is 0. The second-order valence-electron chi connectivity index (χ2n) is 8.16. The van der Waals surface area contributed by atoms with Crippen molar-refractivity contribution in [2.45, 2.75) is 25.3 Å². The molecular weight excluding hydrogens is 372 g/mol. The van der Waals surface area contributed by atoms with E-state index in [4.69, 9.17) is 0 Å². The van der Waals surface area contributed by atoms with Crippen LogP contribution >= 0.6 is 0 Å². The van der Waals surface area contributed by atoms with Crippen LogP contribution in [0.5, 0.6) is 5.75 Å². The number of anilines is 2. The SMILES string of the molecule is Cc1cccc(C(=O)Nc2ccc3c(c2)C2C=CCC2C(c2ccccc2O)N3)c1. The molecule has 3 aromatic rings. The van der Waals surface area contributed by atoms with E-state index in [1.807, 2.05) is 61.5 Å². The zero-order chi connectivity index (χ0) is 20.7. The first-order valence-electron chi connectivity index (χ1n) is 10.3. The first kappa shape index (κ1) is 18.5. The van der Waals surface area contributed by atoms with Crippen LogP contribution in [0.4, 0.5) is 11.4 Å². The molecule has 1 aliphatic carbocycles. The van der Waals surface area contributed by atoms with Crippen molar-refractivity contribution in [3.63, 3.8) is 0 Å². The van der Waals surface area contributed by atoms with E-state index in [0.717, 1.165) is 28.9 Å². The highest BCUT2D eigenvalue weighted by Gasteiger charge is 2.38. The fraction of sp³-hybridized carbons (Fsp3) is 0.192. The fourth-order valence-electron chi connectivity index (χ4n) is 4.72. The molecule has 0 saturated carbocycles. The van der Waals surface area contributed by atoms with Gasteiger partial charge in [0.25, 0.3) is 5.91 Å². The monoisotopic (exact) mass is 396 g/mol. The Labute approximate surface area is 176 Å². The number of rotatable bonds is 3. The van der Waals surface area contributed by atoms with Gasteiger partial charge in [0.1, 0.15) is 5.75 Å². The van der Waals surface area contributed by atoms with Gasteiger partial charge in [0, 0.05) is 28.4 Å². The number of nitrogens with one attached hydrogen (secondary N) is 2. The number of carbonyl (C=O) groups excluding carboxylic acids is 1. The predicted molar refractivity (Wildman–Crippen MR) is 120 cm³/mol. The third-order valence-electron chi connectivity index (χ3n) is 6.17. The smallest absolute Gasteiger partial charge is 0.255 e. The zero-order valence-electron chi connectivity index (χ0n) is 16.8. The van der Waals surface area contributed by atoms with Gasteiger partial charge in [-0.1, -0.05) is 48.0 Å². The number of amides is 1. The molecule has 3 atom stereocenters. The summed E-state index contributed by atoms with van der Waals surface area (Å²) in [5, 5.41) is 17.1. The van der Waals surface area contributed by atoms with Crippen LogP contribution in [0.25, 0.3) is 0 Å². The highest BCUT2D eigenvalue weighted by atomic mass is 16.3. The van der Waals surface area contributed by atoms with Crippen molar-refractivity contribution in [3.8, 4) is 5.75 Å². The first-order valence-corrected chi connectivity index (χ1v) is 10.3. The molecule has 2 aliphatic rings. The van der Waals surface area contributed by atoms with Crippen LogP contribution in [0.3, 0.4) is 0 Å². The summed E-state index contributed by atoms with van der Waals surface area (Å²) in [6, 6.07) is 21.2. The maximum atomic E-state index is 12.7. The Bertz CT molecular complexity index is 1150. The van der Waals surface area contributed by atoms with E-state index in [1.54, 1.807) is 6.07 Å². The molecule has 3 unspecified atom stereocenters. The summed E-state index contributed by atoms with van der Waals surface area (Å²) in [6.45, 7) is 1.98. The lowest BCUT2D eigenvalue weighted by Crippen LogP contribution is -2.29.